The van der Waals surface area contributed by atoms with Gasteiger partial charge >= 0.3 is 0 Å². The predicted octanol–water partition coefficient (Wildman–Crippen LogP) is 4.81. The molecule has 0 radical (unpaired) electrons. The van der Waals surface area contributed by atoms with Gasteiger partial charge in [-0.2, -0.15) is 0 Å². The minimum absolute atomic E-state index is 0.215. The normalized spacial score (nSPS) is 13.5. The summed E-state index contributed by atoms with van der Waals surface area (Å²) >= 11 is 1.42. The van der Waals surface area contributed by atoms with E-state index in [1.807, 2.05) is 48.5 Å². The minimum Gasteiger partial charge on any atom is -0.497 e. The van der Waals surface area contributed by atoms with E-state index in [4.69, 9.17) is 9.72 Å². The van der Waals surface area contributed by atoms with Gasteiger partial charge in [0.25, 0.3) is 5.91 Å². The molecule has 0 bridgehead atoms. The molecule has 0 N–H and O–H groups in total. The maximum Gasteiger partial charge on any atom is 0.260 e. The molecule has 3 aromatic carbocycles. The summed E-state index contributed by atoms with van der Waals surface area (Å²) in [6, 6.07) is 21.9. The summed E-state index contributed by atoms with van der Waals surface area (Å²) in [5.41, 5.74) is 2.67. The summed E-state index contributed by atoms with van der Waals surface area (Å²) in [5, 5.41) is 0.575. The number of imide groups is 1. The number of ether oxygens (including phenoxy) is 1. The van der Waals surface area contributed by atoms with Crippen LogP contribution in [-0.4, -0.2) is 29.8 Å². The first-order chi connectivity index (χ1) is 16.5. The molecule has 0 unspecified atom stereocenters. The molecule has 2 heterocycles. The first-order valence-electron chi connectivity index (χ1n) is 10.8. The number of carbonyl (C=O) groups excluding carboxylic acids is 3. The highest BCUT2D eigenvalue weighted by Gasteiger charge is 2.30. The van der Waals surface area contributed by atoms with E-state index in [1.54, 1.807) is 36.3 Å². The average Bonchev–Trinajstić information content (AvgIpc) is 3.44. The van der Waals surface area contributed by atoms with Gasteiger partial charge in [-0.05, 0) is 48.0 Å². The van der Waals surface area contributed by atoms with Gasteiger partial charge in [-0.1, -0.05) is 41.7 Å². The molecule has 1 aliphatic rings. The summed E-state index contributed by atoms with van der Waals surface area (Å²) in [6.45, 7) is 0.349. The van der Waals surface area contributed by atoms with Gasteiger partial charge < -0.3 is 4.74 Å². The number of benzene rings is 3. The second kappa shape index (κ2) is 9.07. The van der Waals surface area contributed by atoms with Gasteiger partial charge in [0.05, 0.1) is 29.6 Å². The van der Waals surface area contributed by atoms with E-state index in [1.165, 1.54) is 16.2 Å². The van der Waals surface area contributed by atoms with E-state index < -0.39 is 0 Å². The highest BCUT2D eigenvalue weighted by Crippen LogP contribution is 2.33. The molecule has 7 nitrogen and oxygen atoms in total. The monoisotopic (exact) mass is 471 g/mol. The molecule has 5 rings (SSSR count). The Bertz CT molecular complexity index is 1370. The number of rotatable bonds is 6. The quantitative estimate of drug-likeness (QED) is 0.377. The number of thiazole rings is 1. The van der Waals surface area contributed by atoms with Crippen LogP contribution in [0.1, 0.15) is 28.8 Å². The minimum atomic E-state index is -0.223. The molecule has 170 valence electrons. The van der Waals surface area contributed by atoms with Crippen molar-refractivity contribution in [2.24, 2.45) is 0 Å². The molecule has 0 spiro atoms. The van der Waals surface area contributed by atoms with Crippen LogP contribution in [0.2, 0.25) is 0 Å². The third-order valence-electron chi connectivity index (χ3n) is 5.67. The number of hydrogen-bond acceptors (Lipinski definition) is 6. The number of nitrogens with zero attached hydrogens (tertiary/aromatic N) is 3. The summed E-state index contributed by atoms with van der Waals surface area (Å²) in [6.07, 6.45) is 0.430. The fraction of sp³-hybridized carbons (Fsp3) is 0.154. The van der Waals surface area contributed by atoms with Crippen molar-refractivity contribution in [2.75, 3.05) is 16.9 Å². The van der Waals surface area contributed by atoms with Gasteiger partial charge in [0.1, 0.15) is 5.75 Å². The third-order valence-corrected chi connectivity index (χ3v) is 6.71. The Morgan fingerprint density at radius 3 is 2.38 bits per heavy atom. The first-order valence-corrected chi connectivity index (χ1v) is 11.6. The van der Waals surface area contributed by atoms with E-state index in [-0.39, 0.29) is 30.6 Å². The number of fused-ring (bicyclic) bond motifs is 1. The Morgan fingerprint density at radius 1 is 1.00 bits per heavy atom. The molecule has 8 heteroatoms. The topological polar surface area (TPSA) is 79.8 Å². The number of anilines is 2. The fourth-order valence-corrected chi connectivity index (χ4v) is 4.89. The van der Waals surface area contributed by atoms with Crippen LogP contribution < -0.4 is 14.5 Å². The van der Waals surface area contributed by atoms with Gasteiger partial charge in [0.15, 0.2) is 5.13 Å². The van der Waals surface area contributed by atoms with Crippen LogP contribution in [0.3, 0.4) is 0 Å². The lowest BCUT2D eigenvalue weighted by Crippen LogP contribution is -2.31. The van der Waals surface area contributed by atoms with E-state index in [0.717, 1.165) is 21.5 Å². The van der Waals surface area contributed by atoms with Crippen LogP contribution in [0.4, 0.5) is 10.8 Å². The fourth-order valence-electron chi connectivity index (χ4n) is 3.90. The lowest BCUT2D eigenvalue weighted by atomic mass is 10.1. The van der Waals surface area contributed by atoms with E-state index in [0.29, 0.717) is 22.9 Å². The smallest absolute Gasteiger partial charge is 0.260 e. The van der Waals surface area contributed by atoms with Crippen LogP contribution >= 0.6 is 11.3 Å². The van der Waals surface area contributed by atoms with Crippen molar-refractivity contribution < 1.29 is 19.1 Å². The number of carbonyl (C=O) groups is 3. The Kier molecular flexibility index (Phi) is 5.81. The molecular weight excluding hydrogens is 450 g/mol. The Balaban J connectivity index is 1.49. The maximum atomic E-state index is 13.6. The highest BCUT2D eigenvalue weighted by molar-refractivity contribution is 7.22. The van der Waals surface area contributed by atoms with Crippen molar-refractivity contribution in [1.82, 2.24) is 4.98 Å². The molecule has 1 fully saturated rings. The van der Waals surface area contributed by atoms with Crippen molar-refractivity contribution in [3.63, 3.8) is 0 Å². The maximum absolute atomic E-state index is 13.6. The summed E-state index contributed by atoms with van der Waals surface area (Å²) in [7, 11) is 1.61. The zero-order valence-electron chi connectivity index (χ0n) is 18.4. The van der Waals surface area contributed by atoms with Gasteiger partial charge in [0, 0.05) is 18.4 Å². The van der Waals surface area contributed by atoms with E-state index in [2.05, 4.69) is 0 Å². The van der Waals surface area contributed by atoms with Gasteiger partial charge in [0.2, 0.25) is 11.8 Å². The highest BCUT2D eigenvalue weighted by atomic mass is 32.1. The van der Waals surface area contributed by atoms with Gasteiger partial charge in [-0.3, -0.25) is 24.2 Å². The van der Waals surface area contributed by atoms with Crippen molar-refractivity contribution in [3.05, 3.63) is 83.9 Å². The molecule has 0 aliphatic carbocycles. The second-order valence-electron chi connectivity index (χ2n) is 7.88. The second-order valence-corrected chi connectivity index (χ2v) is 8.89. The lowest BCUT2D eigenvalue weighted by molar-refractivity contribution is -0.121. The van der Waals surface area contributed by atoms with Crippen LogP contribution in [0, 0.1) is 0 Å². The Hall–Kier alpha value is -4.04. The standard InChI is InChI=1S/C26H21N3O4S/c1-33-20-11-12-21-22(15-20)34-26(27-21)28(16-17-5-3-2-4-6-17)25(32)18-7-9-19(10-8-18)29-23(30)13-14-24(29)31/h2-12,15H,13-14,16H2,1H3. The molecule has 0 saturated carbocycles. The van der Waals surface area contributed by atoms with Crippen molar-refractivity contribution >= 4 is 50.1 Å². The third kappa shape index (κ3) is 4.15. The number of aromatic nitrogens is 1. The van der Waals surface area contributed by atoms with Crippen LogP contribution in [0.25, 0.3) is 10.2 Å². The zero-order valence-corrected chi connectivity index (χ0v) is 19.2. The number of amides is 3. The number of methoxy groups -OCH3 is 1. The van der Waals surface area contributed by atoms with E-state index >= 15 is 0 Å². The van der Waals surface area contributed by atoms with Crippen molar-refractivity contribution in [1.29, 1.82) is 0 Å². The van der Waals surface area contributed by atoms with Crippen LogP contribution in [0.5, 0.6) is 5.75 Å². The Morgan fingerprint density at radius 2 is 1.71 bits per heavy atom. The lowest BCUT2D eigenvalue weighted by Gasteiger charge is -2.21. The van der Waals surface area contributed by atoms with Crippen LogP contribution in [0.15, 0.2) is 72.8 Å². The van der Waals surface area contributed by atoms with Gasteiger partial charge in [-0.25, -0.2) is 4.98 Å². The Labute approximate surface area is 200 Å². The molecular formula is C26H21N3O4S. The largest absolute Gasteiger partial charge is 0.497 e. The molecule has 3 amide bonds. The summed E-state index contributed by atoms with van der Waals surface area (Å²) in [5.74, 6) is 0.0603. The molecule has 1 aromatic heterocycles. The summed E-state index contributed by atoms with van der Waals surface area (Å²) < 4.78 is 6.24. The van der Waals surface area contributed by atoms with Crippen LogP contribution in [-0.2, 0) is 16.1 Å². The average molecular weight is 472 g/mol. The first kappa shape index (κ1) is 21.8. The van der Waals surface area contributed by atoms with E-state index in [9.17, 15) is 14.4 Å². The SMILES string of the molecule is COc1ccc2nc(N(Cc3ccccc3)C(=O)c3ccc(N4C(=O)CCC4=O)cc3)sc2c1. The molecule has 1 aliphatic heterocycles. The zero-order chi connectivity index (χ0) is 23.7. The summed E-state index contributed by atoms with van der Waals surface area (Å²) in [4.78, 5) is 45.2. The predicted molar refractivity (Wildman–Crippen MR) is 131 cm³/mol. The molecule has 1 saturated heterocycles. The molecule has 34 heavy (non-hydrogen) atoms. The molecule has 4 aromatic rings. The number of hydrogen-bond donors (Lipinski definition) is 0. The van der Waals surface area contributed by atoms with Crippen molar-refractivity contribution in [2.45, 2.75) is 19.4 Å². The van der Waals surface area contributed by atoms with Crippen molar-refractivity contribution in [3.8, 4) is 5.75 Å². The van der Waals surface area contributed by atoms with Gasteiger partial charge in [-0.15, -0.1) is 0 Å². The molecule has 0 atom stereocenters.